The molecule has 0 radical (unpaired) electrons. The van der Waals surface area contributed by atoms with Crippen LogP contribution in [0, 0.1) is 18.3 Å². The molecule has 0 aliphatic carbocycles. The van der Waals surface area contributed by atoms with Crippen molar-refractivity contribution in [1.29, 1.82) is 5.26 Å². The fourth-order valence-electron chi connectivity index (χ4n) is 3.86. The van der Waals surface area contributed by atoms with Gasteiger partial charge in [-0.2, -0.15) is 5.26 Å². The number of rotatable bonds is 6. The Kier molecular flexibility index (Phi) is 5.63. The maximum Gasteiger partial charge on any atom is 0.265 e. The average molecular weight is 405 g/mol. The van der Waals surface area contributed by atoms with Gasteiger partial charge in [-0.15, -0.1) is 0 Å². The van der Waals surface area contributed by atoms with E-state index in [0.29, 0.717) is 23.6 Å². The van der Waals surface area contributed by atoms with Crippen LogP contribution in [0.15, 0.2) is 39.8 Å². The summed E-state index contributed by atoms with van der Waals surface area (Å²) in [6.45, 7) is 5.37. The number of hydrogen-bond donors (Lipinski definition) is 1. The summed E-state index contributed by atoms with van der Waals surface area (Å²) in [5, 5.41) is 11.9. The number of aryl methyl sites for hydroxylation is 2. The molecule has 2 aromatic heterocycles. The number of nitrogens with zero attached hydrogens (tertiary/aromatic N) is 4. The Hall–Kier alpha value is -3.44. The maximum absolute atomic E-state index is 13.1. The Balaban J connectivity index is 1.57. The van der Waals surface area contributed by atoms with Gasteiger partial charge in [-0.25, -0.2) is 4.98 Å². The number of hydrogen-bond acceptors (Lipinski definition) is 6. The van der Waals surface area contributed by atoms with E-state index in [4.69, 9.17) is 9.68 Å². The van der Waals surface area contributed by atoms with Crippen molar-refractivity contribution >= 4 is 22.7 Å². The summed E-state index contributed by atoms with van der Waals surface area (Å²) >= 11 is 0. The zero-order chi connectivity index (χ0) is 21.1. The number of fused-ring (bicyclic) bond motifs is 1. The summed E-state index contributed by atoms with van der Waals surface area (Å²) in [4.78, 5) is 32.6. The molecule has 0 unspecified atom stereocenters. The van der Waals surface area contributed by atoms with Crippen molar-refractivity contribution in [3.8, 4) is 6.07 Å². The monoisotopic (exact) mass is 405 g/mol. The Morgan fingerprint density at radius 3 is 2.67 bits per heavy atom. The highest BCUT2D eigenvalue weighted by molar-refractivity contribution is 6.12. The second kappa shape index (κ2) is 8.51. The normalized spacial score (nSPS) is 14.1. The maximum atomic E-state index is 13.1. The number of likely N-dealkylation sites (tertiary alicyclic amines) is 1. The van der Waals surface area contributed by atoms with Crippen LogP contribution in [0.3, 0.4) is 0 Å². The molecule has 8 heteroatoms. The number of amides is 1. The van der Waals surface area contributed by atoms with Gasteiger partial charge in [-0.05, 0) is 70.1 Å². The third kappa shape index (κ3) is 3.98. The lowest BCUT2D eigenvalue weighted by Gasteiger charge is -2.14. The van der Waals surface area contributed by atoms with E-state index in [0.717, 1.165) is 26.1 Å². The first kappa shape index (κ1) is 19.9. The molecule has 0 saturated carbocycles. The number of nitrogens with one attached hydrogen (secondary N) is 1. The predicted octanol–water partition coefficient (Wildman–Crippen LogP) is 2.91. The van der Waals surface area contributed by atoms with Gasteiger partial charge >= 0.3 is 0 Å². The van der Waals surface area contributed by atoms with Crippen molar-refractivity contribution in [3.05, 3.63) is 57.8 Å². The molecule has 3 aromatic rings. The summed E-state index contributed by atoms with van der Waals surface area (Å²) in [5.74, 6) is -0.0970. The van der Waals surface area contributed by atoms with E-state index < -0.39 is 5.91 Å². The van der Waals surface area contributed by atoms with Crippen LogP contribution in [-0.2, 0) is 6.54 Å². The number of benzene rings is 1. The zero-order valence-corrected chi connectivity index (χ0v) is 16.9. The van der Waals surface area contributed by atoms with Gasteiger partial charge in [-0.1, -0.05) is 0 Å². The van der Waals surface area contributed by atoms with E-state index in [9.17, 15) is 9.59 Å². The summed E-state index contributed by atoms with van der Waals surface area (Å²) in [6.07, 6.45) is 4.80. The summed E-state index contributed by atoms with van der Waals surface area (Å²) < 4.78 is 7.13. The number of nitriles is 1. The molecule has 1 amide bonds. The molecular weight excluding hydrogens is 382 g/mol. The lowest BCUT2D eigenvalue weighted by molar-refractivity contribution is 0.102. The minimum Gasteiger partial charge on any atom is -0.442 e. The van der Waals surface area contributed by atoms with Crippen LogP contribution in [0.25, 0.3) is 11.1 Å². The van der Waals surface area contributed by atoms with Crippen LogP contribution in [0.2, 0.25) is 0 Å². The summed E-state index contributed by atoms with van der Waals surface area (Å²) in [6, 6.07) is 8.55. The van der Waals surface area contributed by atoms with Crippen LogP contribution < -0.4 is 10.9 Å². The Bertz CT molecular complexity index is 1160. The predicted molar refractivity (Wildman–Crippen MR) is 112 cm³/mol. The van der Waals surface area contributed by atoms with Gasteiger partial charge in [0.15, 0.2) is 0 Å². The van der Waals surface area contributed by atoms with Gasteiger partial charge in [0.1, 0.15) is 17.5 Å². The lowest BCUT2D eigenvalue weighted by atomic mass is 10.1. The third-order valence-electron chi connectivity index (χ3n) is 5.43. The molecule has 0 spiro atoms. The van der Waals surface area contributed by atoms with Crippen LogP contribution in [-0.4, -0.2) is 40.0 Å². The number of carbonyl (C=O) groups is 1. The minimum absolute atomic E-state index is 0.165. The number of anilines is 1. The van der Waals surface area contributed by atoms with Crippen LogP contribution in [0.5, 0.6) is 0 Å². The minimum atomic E-state index is -0.440. The molecule has 154 valence electrons. The Labute approximate surface area is 173 Å². The zero-order valence-electron chi connectivity index (χ0n) is 16.9. The van der Waals surface area contributed by atoms with Crippen LogP contribution in [0.4, 0.5) is 5.69 Å². The van der Waals surface area contributed by atoms with Crippen molar-refractivity contribution in [3.63, 3.8) is 0 Å². The first-order valence-corrected chi connectivity index (χ1v) is 10.1. The molecule has 0 bridgehead atoms. The van der Waals surface area contributed by atoms with E-state index in [1.54, 1.807) is 35.8 Å². The quantitative estimate of drug-likeness (QED) is 0.676. The number of aromatic nitrogens is 2. The summed E-state index contributed by atoms with van der Waals surface area (Å²) in [7, 11) is 0. The standard InChI is InChI=1S/C22H23N5O3/c1-15-18(20(28)25-17-7-5-16(13-23)6-8-17)19-21(30-15)24-14-27(22(19)29)12-4-11-26-9-2-3-10-26/h5-8,14H,2-4,9-12H2,1H3,(H,25,28). The Morgan fingerprint density at radius 2 is 1.97 bits per heavy atom. The van der Waals surface area contributed by atoms with Crippen molar-refractivity contribution in [2.45, 2.75) is 32.7 Å². The highest BCUT2D eigenvalue weighted by Crippen LogP contribution is 2.22. The molecule has 1 N–H and O–H groups in total. The second-order valence-corrected chi connectivity index (χ2v) is 7.50. The first-order valence-electron chi connectivity index (χ1n) is 10.1. The van der Waals surface area contributed by atoms with E-state index in [-0.39, 0.29) is 22.2 Å². The molecule has 1 saturated heterocycles. The van der Waals surface area contributed by atoms with Gasteiger partial charge in [0.05, 0.1) is 17.2 Å². The largest absolute Gasteiger partial charge is 0.442 e. The smallest absolute Gasteiger partial charge is 0.265 e. The summed E-state index contributed by atoms with van der Waals surface area (Å²) in [5.41, 5.74) is 1.11. The molecule has 1 aromatic carbocycles. The van der Waals surface area contributed by atoms with Crippen molar-refractivity contribution < 1.29 is 9.21 Å². The third-order valence-corrected chi connectivity index (χ3v) is 5.43. The fraction of sp³-hybridized carbons (Fsp3) is 0.364. The van der Waals surface area contributed by atoms with Crippen molar-refractivity contribution in [1.82, 2.24) is 14.5 Å². The van der Waals surface area contributed by atoms with Gasteiger partial charge < -0.3 is 14.6 Å². The van der Waals surface area contributed by atoms with Crippen molar-refractivity contribution in [2.24, 2.45) is 0 Å². The molecule has 4 rings (SSSR count). The molecule has 3 heterocycles. The fourth-order valence-corrected chi connectivity index (χ4v) is 3.86. The van der Waals surface area contributed by atoms with Crippen molar-refractivity contribution in [2.75, 3.05) is 25.0 Å². The molecule has 1 fully saturated rings. The van der Waals surface area contributed by atoms with Gasteiger partial charge in [-0.3, -0.25) is 14.2 Å². The SMILES string of the molecule is Cc1oc2ncn(CCCN3CCCC3)c(=O)c2c1C(=O)Nc1ccc(C#N)cc1. The highest BCUT2D eigenvalue weighted by Gasteiger charge is 2.23. The van der Waals surface area contributed by atoms with Gasteiger partial charge in [0.2, 0.25) is 5.71 Å². The van der Waals surface area contributed by atoms with Crippen LogP contribution in [0.1, 0.15) is 40.9 Å². The lowest BCUT2D eigenvalue weighted by Crippen LogP contribution is -2.26. The average Bonchev–Trinajstić information content (AvgIpc) is 3.37. The Morgan fingerprint density at radius 1 is 1.23 bits per heavy atom. The number of furan rings is 1. The molecule has 8 nitrogen and oxygen atoms in total. The second-order valence-electron chi connectivity index (χ2n) is 7.50. The van der Waals surface area contributed by atoms with E-state index >= 15 is 0 Å². The molecule has 30 heavy (non-hydrogen) atoms. The van der Waals surface area contributed by atoms with Gasteiger partial charge in [0.25, 0.3) is 11.5 Å². The highest BCUT2D eigenvalue weighted by atomic mass is 16.3. The van der Waals surface area contributed by atoms with Gasteiger partial charge in [0, 0.05) is 12.2 Å². The molecule has 1 aliphatic heterocycles. The first-order chi connectivity index (χ1) is 14.6. The van der Waals surface area contributed by atoms with E-state index in [1.807, 2.05) is 6.07 Å². The molecule has 1 aliphatic rings. The molecular formula is C22H23N5O3. The topological polar surface area (TPSA) is 104 Å². The molecule has 0 atom stereocenters. The van der Waals surface area contributed by atoms with E-state index in [1.165, 1.54) is 19.2 Å². The number of carbonyl (C=O) groups excluding carboxylic acids is 1. The van der Waals surface area contributed by atoms with Crippen LogP contribution >= 0.6 is 0 Å². The van der Waals surface area contributed by atoms with E-state index in [2.05, 4.69) is 15.2 Å².